The Bertz CT molecular complexity index is 606. The van der Waals surface area contributed by atoms with E-state index in [1.807, 2.05) is 0 Å². The summed E-state index contributed by atoms with van der Waals surface area (Å²) in [6, 6.07) is 16.9. The molecule has 0 saturated carbocycles. The first-order valence-corrected chi connectivity index (χ1v) is 9.83. The van der Waals surface area contributed by atoms with Gasteiger partial charge in [-0.25, -0.2) is 0 Å². The molecule has 0 bridgehead atoms. The summed E-state index contributed by atoms with van der Waals surface area (Å²) < 4.78 is 0. The van der Waals surface area contributed by atoms with E-state index in [0.717, 1.165) is 50.4 Å². The molecule has 0 unspecified atom stereocenters. The zero-order chi connectivity index (χ0) is 18.9. The third kappa shape index (κ3) is 5.52. The minimum Gasteiger partial charge on any atom is -0.300 e. The van der Waals surface area contributed by atoms with E-state index >= 15 is 0 Å². The van der Waals surface area contributed by atoms with Crippen molar-refractivity contribution < 1.29 is 0 Å². The van der Waals surface area contributed by atoms with E-state index in [9.17, 15) is 0 Å². The van der Waals surface area contributed by atoms with Crippen molar-refractivity contribution in [1.29, 1.82) is 5.41 Å². The minimum absolute atomic E-state index is 0.591. The van der Waals surface area contributed by atoms with Crippen LogP contribution in [0, 0.1) is 5.41 Å². The smallest absolute Gasteiger partial charge is 0.0684 e. The maximum atomic E-state index is 8.52. The molecular weight excluding hydrogens is 318 g/mol. The molecule has 0 aliphatic rings. The fourth-order valence-electron chi connectivity index (χ4n) is 3.13. The number of hydrogen-bond acceptors (Lipinski definition) is 3. The lowest BCUT2D eigenvalue weighted by molar-refractivity contribution is 0.296. The Kier molecular flexibility index (Phi) is 8.02. The molecule has 0 spiro atoms. The van der Waals surface area contributed by atoms with E-state index < -0.39 is 0 Å². The summed E-state index contributed by atoms with van der Waals surface area (Å²) in [5.74, 6) is 0. The standard InChI is InChI=1S/C23H33N3/c1-5-25(6-2)17-19-9-13-21(14-10-19)23(24)22-15-11-20(12-16-22)18-26(7-3)8-4/h9-16,24H,5-8,17-18H2,1-4H3. The Labute approximate surface area is 159 Å². The Hall–Kier alpha value is -1.97. The van der Waals surface area contributed by atoms with Crippen LogP contribution in [-0.2, 0) is 13.1 Å². The summed E-state index contributed by atoms with van der Waals surface area (Å²) in [5.41, 5.74) is 5.16. The summed E-state index contributed by atoms with van der Waals surface area (Å²) in [6.45, 7) is 15.0. The van der Waals surface area contributed by atoms with Crippen LogP contribution in [0.5, 0.6) is 0 Å². The van der Waals surface area contributed by atoms with Crippen LogP contribution < -0.4 is 0 Å². The quantitative estimate of drug-likeness (QED) is 0.624. The highest BCUT2D eigenvalue weighted by atomic mass is 15.1. The van der Waals surface area contributed by atoms with Gasteiger partial charge in [0, 0.05) is 24.2 Å². The largest absolute Gasteiger partial charge is 0.300 e. The molecule has 0 aromatic heterocycles. The predicted octanol–water partition coefficient (Wildman–Crippen LogP) is 4.79. The summed E-state index contributed by atoms with van der Waals surface area (Å²) in [7, 11) is 0. The zero-order valence-electron chi connectivity index (χ0n) is 16.8. The van der Waals surface area contributed by atoms with Crippen molar-refractivity contribution in [3.05, 3.63) is 70.8 Å². The molecule has 140 valence electrons. The van der Waals surface area contributed by atoms with Gasteiger partial charge in [-0.2, -0.15) is 0 Å². The van der Waals surface area contributed by atoms with Crippen LogP contribution in [0.15, 0.2) is 48.5 Å². The maximum Gasteiger partial charge on any atom is 0.0684 e. The van der Waals surface area contributed by atoms with Gasteiger partial charge in [0.1, 0.15) is 0 Å². The molecule has 1 N–H and O–H groups in total. The molecule has 0 heterocycles. The lowest BCUT2D eigenvalue weighted by atomic mass is 10.00. The first-order valence-electron chi connectivity index (χ1n) is 9.83. The van der Waals surface area contributed by atoms with Gasteiger partial charge in [0.2, 0.25) is 0 Å². The van der Waals surface area contributed by atoms with Gasteiger partial charge in [0.25, 0.3) is 0 Å². The first kappa shape index (κ1) is 20.3. The number of nitrogens with one attached hydrogen (secondary N) is 1. The minimum atomic E-state index is 0.591. The molecule has 0 fully saturated rings. The second-order valence-electron chi connectivity index (χ2n) is 6.69. The molecule has 0 atom stereocenters. The third-order valence-electron chi connectivity index (χ3n) is 5.09. The Morgan fingerprint density at radius 3 is 1.19 bits per heavy atom. The SMILES string of the molecule is CCN(CC)Cc1ccc(C(=N)c2ccc(CN(CC)CC)cc2)cc1. The van der Waals surface area contributed by atoms with E-state index in [-0.39, 0.29) is 0 Å². The number of nitrogens with zero attached hydrogens (tertiary/aromatic N) is 2. The lowest BCUT2D eigenvalue weighted by Crippen LogP contribution is -2.22. The molecular formula is C23H33N3. The molecule has 2 aromatic rings. The highest BCUT2D eigenvalue weighted by Crippen LogP contribution is 2.14. The van der Waals surface area contributed by atoms with E-state index in [0.29, 0.717) is 5.71 Å². The molecule has 3 heteroatoms. The normalized spacial score (nSPS) is 11.3. The number of benzene rings is 2. The number of rotatable bonds is 10. The van der Waals surface area contributed by atoms with Gasteiger partial charge in [-0.1, -0.05) is 76.2 Å². The van der Waals surface area contributed by atoms with Gasteiger partial charge in [-0.05, 0) is 37.3 Å². The molecule has 0 aliphatic carbocycles. The molecule has 0 aliphatic heterocycles. The summed E-state index contributed by atoms with van der Waals surface area (Å²) in [6.07, 6.45) is 0. The van der Waals surface area contributed by atoms with Gasteiger partial charge in [0.05, 0.1) is 5.71 Å². The average Bonchev–Trinajstić information content (AvgIpc) is 2.70. The maximum absolute atomic E-state index is 8.52. The molecule has 26 heavy (non-hydrogen) atoms. The van der Waals surface area contributed by atoms with Crippen molar-refractivity contribution in [2.24, 2.45) is 0 Å². The molecule has 3 nitrogen and oxygen atoms in total. The van der Waals surface area contributed by atoms with E-state index in [4.69, 9.17) is 5.41 Å². The van der Waals surface area contributed by atoms with Crippen molar-refractivity contribution in [2.45, 2.75) is 40.8 Å². The van der Waals surface area contributed by atoms with Gasteiger partial charge >= 0.3 is 0 Å². The fraction of sp³-hybridized carbons (Fsp3) is 0.435. The van der Waals surface area contributed by atoms with Crippen LogP contribution in [0.3, 0.4) is 0 Å². The van der Waals surface area contributed by atoms with Crippen LogP contribution >= 0.6 is 0 Å². The lowest BCUT2D eigenvalue weighted by Gasteiger charge is -2.18. The Morgan fingerprint density at radius 1 is 0.615 bits per heavy atom. The predicted molar refractivity (Wildman–Crippen MR) is 112 cm³/mol. The van der Waals surface area contributed by atoms with Gasteiger partial charge in [-0.3, -0.25) is 15.2 Å². The molecule has 0 saturated heterocycles. The summed E-state index contributed by atoms with van der Waals surface area (Å²) >= 11 is 0. The Morgan fingerprint density at radius 2 is 0.923 bits per heavy atom. The van der Waals surface area contributed by atoms with Crippen LogP contribution in [0.1, 0.15) is 49.9 Å². The van der Waals surface area contributed by atoms with Gasteiger partial charge in [0.15, 0.2) is 0 Å². The highest BCUT2D eigenvalue weighted by Gasteiger charge is 2.07. The second-order valence-corrected chi connectivity index (χ2v) is 6.69. The topological polar surface area (TPSA) is 30.3 Å². The van der Waals surface area contributed by atoms with Crippen molar-refractivity contribution in [1.82, 2.24) is 9.80 Å². The highest BCUT2D eigenvalue weighted by molar-refractivity contribution is 6.10. The molecule has 0 amide bonds. The molecule has 2 rings (SSSR count). The van der Waals surface area contributed by atoms with E-state index in [2.05, 4.69) is 86.0 Å². The Balaban J connectivity index is 2.04. The van der Waals surface area contributed by atoms with Crippen molar-refractivity contribution in [3.8, 4) is 0 Å². The number of hydrogen-bond donors (Lipinski definition) is 1. The van der Waals surface area contributed by atoms with E-state index in [1.165, 1.54) is 11.1 Å². The van der Waals surface area contributed by atoms with E-state index in [1.54, 1.807) is 0 Å². The van der Waals surface area contributed by atoms with Crippen LogP contribution in [-0.4, -0.2) is 41.7 Å². The van der Waals surface area contributed by atoms with Crippen molar-refractivity contribution in [3.63, 3.8) is 0 Å². The fourth-order valence-corrected chi connectivity index (χ4v) is 3.13. The monoisotopic (exact) mass is 351 g/mol. The second kappa shape index (κ2) is 10.2. The summed E-state index contributed by atoms with van der Waals surface area (Å²) in [5, 5.41) is 8.52. The van der Waals surface area contributed by atoms with Crippen LogP contribution in [0.2, 0.25) is 0 Å². The first-order chi connectivity index (χ1) is 12.6. The molecule has 0 radical (unpaired) electrons. The summed E-state index contributed by atoms with van der Waals surface area (Å²) in [4.78, 5) is 4.80. The van der Waals surface area contributed by atoms with Crippen LogP contribution in [0.4, 0.5) is 0 Å². The van der Waals surface area contributed by atoms with Gasteiger partial charge < -0.3 is 0 Å². The van der Waals surface area contributed by atoms with Crippen LogP contribution in [0.25, 0.3) is 0 Å². The van der Waals surface area contributed by atoms with Crippen molar-refractivity contribution >= 4 is 5.71 Å². The molecule has 2 aromatic carbocycles. The van der Waals surface area contributed by atoms with Gasteiger partial charge in [-0.15, -0.1) is 0 Å². The van der Waals surface area contributed by atoms with Crippen molar-refractivity contribution in [2.75, 3.05) is 26.2 Å². The zero-order valence-corrected chi connectivity index (χ0v) is 16.8. The third-order valence-corrected chi connectivity index (χ3v) is 5.09. The average molecular weight is 352 g/mol.